The molecule has 0 spiro atoms. The van der Waals surface area contributed by atoms with E-state index in [2.05, 4.69) is 15.9 Å². The van der Waals surface area contributed by atoms with Crippen molar-refractivity contribution in [3.8, 4) is 0 Å². The second kappa shape index (κ2) is 7.93. The number of carbonyl (C=O) groups is 3. The van der Waals surface area contributed by atoms with Gasteiger partial charge in [-0.05, 0) is 36.4 Å². The van der Waals surface area contributed by atoms with Crippen molar-refractivity contribution in [3.63, 3.8) is 0 Å². The van der Waals surface area contributed by atoms with E-state index in [1.807, 2.05) is 11.4 Å². The summed E-state index contributed by atoms with van der Waals surface area (Å²) in [4.78, 5) is 39.1. The van der Waals surface area contributed by atoms with E-state index in [-0.39, 0.29) is 18.3 Å². The number of ether oxygens (including phenoxy) is 1. The second-order valence-corrected chi connectivity index (χ2v) is 7.54. The minimum atomic E-state index is -0.620. The summed E-state index contributed by atoms with van der Waals surface area (Å²) in [6.45, 7) is 0.197. The van der Waals surface area contributed by atoms with Crippen LogP contribution in [0, 0.1) is 0 Å². The van der Waals surface area contributed by atoms with Crippen molar-refractivity contribution in [2.24, 2.45) is 0 Å². The average Bonchev–Trinajstić information content (AvgIpc) is 3.30. The Kier molecular flexibility index (Phi) is 5.65. The predicted octanol–water partition coefficient (Wildman–Crippen LogP) is 3.54. The first-order valence-corrected chi connectivity index (χ1v) is 9.53. The molecular weight excluding hydrogens is 406 g/mol. The van der Waals surface area contributed by atoms with E-state index in [9.17, 15) is 14.4 Å². The van der Waals surface area contributed by atoms with Crippen molar-refractivity contribution < 1.29 is 19.1 Å². The third-order valence-corrected chi connectivity index (χ3v) is 5.36. The number of hydrogen-bond acceptors (Lipinski definition) is 5. The molecule has 7 heteroatoms. The summed E-state index contributed by atoms with van der Waals surface area (Å²) in [7, 11) is 0. The summed E-state index contributed by atoms with van der Waals surface area (Å²) in [5, 5.41) is 1.83. The van der Waals surface area contributed by atoms with Crippen LogP contribution >= 0.6 is 27.3 Å². The lowest BCUT2D eigenvalue weighted by Crippen LogP contribution is -2.41. The molecule has 0 N–H and O–H groups in total. The number of esters is 1. The smallest absolute Gasteiger partial charge is 0.329 e. The van der Waals surface area contributed by atoms with E-state index in [0.29, 0.717) is 23.4 Å². The standard InChI is InChI=1S/C18H16BrNO4S/c19-13-5-1-4-12(10-13)15(21)11-24-18(23)14-6-2-8-20(14)17(22)16-7-3-9-25-16/h1,3-5,7,9-10,14H,2,6,8,11H2. The number of ketones is 1. The predicted molar refractivity (Wildman–Crippen MR) is 97.8 cm³/mol. The summed E-state index contributed by atoms with van der Waals surface area (Å²) >= 11 is 4.65. The van der Waals surface area contributed by atoms with Crippen LogP contribution in [0.1, 0.15) is 32.9 Å². The molecule has 1 aliphatic rings. The van der Waals surface area contributed by atoms with E-state index in [1.54, 1.807) is 30.3 Å². The molecule has 130 valence electrons. The number of halogens is 1. The van der Waals surface area contributed by atoms with E-state index in [0.717, 1.165) is 10.9 Å². The highest BCUT2D eigenvalue weighted by Gasteiger charge is 2.36. The van der Waals surface area contributed by atoms with Crippen LogP contribution in [0.15, 0.2) is 46.3 Å². The van der Waals surface area contributed by atoms with Crippen molar-refractivity contribution in [1.82, 2.24) is 4.90 Å². The summed E-state index contributed by atoms with van der Waals surface area (Å²) in [5.74, 6) is -0.956. The molecule has 0 radical (unpaired) electrons. The number of carbonyl (C=O) groups excluding carboxylic acids is 3. The Hall–Kier alpha value is -1.99. The van der Waals surface area contributed by atoms with Crippen LogP contribution in [0.5, 0.6) is 0 Å². The first-order valence-electron chi connectivity index (χ1n) is 7.86. The molecular formula is C18H16BrNO4S. The number of nitrogens with zero attached hydrogens (tertiary/aromatic N) is 1. The first kappa shape index (κ1) is 17.8. The van der Waals surface area contributed by atoms with Gasteiger partial charge in [-0.1, -0.05) is 34.1 Å². The third kappa shape index (κ3) is 4.16. The first-order chi connectivity index (χ1) is 12.1. The molecule has 1 aliphatic heterocycles. The van der Waals surface area contributed by atoms with Gasteiger partial charge in [0.15, 0.2) is 12.4 Å². The van der Waals surface area contributed by atoms with E-state index in [1.165, 1.54) is 16.2 Å². The Morgan fingerprint density at radius 2 is 2.08 bits per heavy atom. The molecule has 0 saturated carbocycles. The second-order valence-electron chi connectivity index (χ2n) is 5.68. The topological polar surface area (TPSA) is 63.7 Å². The van der Waals surface area contributed by atoms with E-state index >= 15 is 0 Å². The molecule has 3 rings (SSSR count). The monoisotopic (exact) mass is 421 g/mol. The van der Waals surface area contributed by atoms with Gasteiger partial charge in [-0.15, -0.1) is 11.3 Å². The van der Waals surface area contributed by atoms with Crippen LogP contribution < -0.4 is 0 Å². The van der Waals surface area contributed by atoms with Gasteiger partial charge in [0.1, 0.15) is 6.04 Å². The zero-order valence-electron chi connectivity index (χ0n) is 13.3. The largest absolute Gasteiger partial charge is 0.456 e. The summed E-state index contributed by atoms with van der Waals surface area (Å²) < 4.78 is 5.97. The lowest BCUT2D eigenvalue weighted by molar-refractivity contribution is -0.147. The highest BCUT2D eigenvalue weighted by Crippen LogP contribution is 2.23. The molecule has 0 aliphatic carbocycles. The van der Waals surface area contributed by atoms with Crippen LogP contribution in [0.2, 0.25) is 0 Å². The summed E-state index contributed by atoms with van der Waals surface area (Å²) in [5.41, 5.74) is 0.472. The zero-order chi connectivity index (χ0) is 17.8. The van der Waals surface area contributed by atoms with Crippen LogP contribution in [0.3, 0.4) is 0 Å². The van der Waals surface area contributed by atoms with Crippen LogP contribution in [-0.2, 0) is 9.53 Å². The number of Topliss-reactive ketones (excluding diaryl/α,β-unsaturated/α-hetero) is 1. The fraction of sp³-hybridized carbons (Fsp3) is 0.278. The Bertz CT molecular complexity index is 790. The molecule has 1 atom stereocenters. The molecule has 1 unspecified atom stereocenters. The molecule has 2 aromatic rings. The molecule has 25 heavy (non-hydrogen) atoms. The van der Waals surface area contributed by atoms with Gasteiger partial charge in [-0.25, -0.2) is 4.79 Å². The van der Waals surface area contributed by atoms with Crippen molar-refractivity contribution in [1.29, 1.82) is 0 Å². The van der Waals surface area contributed by atoms with Crippen molar-refractivity contribution in [2.45, 2.75) is 18.9 Å². The molecule has 1 amide bonds. The molecule has 1 aromatic heterocycles. The fourth-order valence-electron chi connectivity index (χ4n) is 2.77. The van der Waals surface area contributed by atoms with Gasteiger partial charge in [0, 0.05) is 16.6 Å². The van der Waals surface area contributed by atoms with Gasteiger partial charge in [-0.2, -0.15) is 0 Å². The quantitative estimate of drug-likeness (QED) is 0.546. The van der Waals surface area contributed by atoms with Gasteiger partial charge in [0.05, 0.1) is 4.88 Å². The molecule has 1 saturated heterocycles. The maximum Gasteiger partial charge on any atom is 0.329 e. The van der Waals surface area contributed by atoms with Crippen LogP contribution in [-0.4, -0.2) is 41.8 Å². The Morgan fingerprint density at radius 1 is 1.24 bits per heavy atom. The number of amides is 1. The van der Waals surface area contributed by atoms with E-state index < -0.39 is 12.0 Å². The van der Waals surface area contributed by atoms with Crippen molar-refractivity contribution >= 4 is 44.9 Å². The maximum absolute atomic E-state index is 12.5. The van der Waals surface area contributed by atoms with Crippen molar-refractivity contribution in [3.05, 3.63) is 56.7 Å². The minimum absolute atomic E-state index is 0.159. The van der Waals surface area contributed by atoms with Crippen LogP contribution in [0.25, 0.3) is 0 Å². The SMILES string of the molecule is O=C(COC(=O)C1CCCN1C(=O)c1cccs1)c1cccc(Br)c1. The number of hydrogen-bond donors (Lipinski definition) is 0. The average molecular weight is 422 g/mol. The molecule has 1 fully saturated rings. The van der Waals surface area contributed by atoms with Gasteiger partial charge in [-0.3, -0.25) is 9.59 Å². The molecule has 2 heterocycles. The van der Waals surface area contributed by atoms with Gasteiger partial charge in [0.2, 0.25) is 0 Å². The van der Waals surface area contributed by atoms with Crippen molar-refractivity contribution in [2.75, 3.05) is 13.2 Å². The third-order valence-electron chi connectivity index (χ3n) is 4.01. The zero-order valence-corrected chi connectivity index (χ0v) is 15.7. The Balaban J connectivity index is 1.60. The number of benzene rings is 1. The molecule has 1 aromatic carbocycles. The Labute approximate surface area is 157 Å². The number of rotatable bonds is 5. The summed E-state index contributed by atoms with van der Waals surface area (Å²) in [6.07, 6.45) is 1.30. The van der Waals surface area contributed by atoms with E-state index in [4.69, 9.17) is 4.74 Å². The number of likely N-dealkylation sites (tertiary alicyclic amines) is 1. The number of thiophene rings is 1. The minimum Gasteiger partial charge on any atom is -0.456 e. The fourth-order valence-corrected chi connectivity index (χ4v) is 3.85. The lowest BCUT2D eigenvalue weighted by atomic mass is 10.1. The maximum atomic E-state index is 12.5. The highest BCUT2D eigenvalue weighted by molar-refractivity contribution is 9.10. The van der Waals surface area contributed by atoms with Gasteiger partial charge < -0.3 is 9.64 Å². The van der Waals surface area contributed by atoms with Crippen LogP contribution in [0.4, 0.5) is 0 Å². The molecule has 0 bridgehead atoms. The lowest BCUT2D eigenvalue weighted by Gasteiger charge is -2.22. The van der Waals surface area contributed by atoms with Gasteiger partial charge in [0.25, 0.3) is 5.91 Å². The Morgan fingerprint density at radius 3 is 2.80 bits per heavy atom. The van der Waals surface area contributed by atoms with Gasteiger partial charge >= 0.3 is 5.97 Å². The molecule has 5 nitrogen and oxygen atoms in total. The highest BCUT2D eigenvalue weighted by atomic mass is 79.9. The summed E-state index contributed by atoms with van der Waals surface area (Å²) in [6, 6.07) is 9.83. The normalized spacial score (nSPS) is 16.7.